The number of rotatable bonds is 3. The van der Waals surface area contributed by atoms with Gasteiger partial charge in [-0.05, 0) is 36.0 Å². The molecule has 2 fully saturated rings. The smallest absolute Gasteiger partial charge is 0.254 e. The van der Waals surface area contributed by atoms with Gasteiger partial charge in [-0.1, -0.05) is 24.3 Å². The molecule has 0 aromatic heterocycles. The van der Waals surface area contributed by atoms with Gasteiger partial charge in [0.2, 0.25) is 0 Å². The summed E-state index contributed by atoms with van der Waals surface area (Å²) in [7, 11) is 1.59. The molecule has 1 heterocycles. The van der Waals surface area contributed by atoms with Crippen LogP contribution in [0.5, 0.6) is 5.75 Å². The van der Waals surface area contributed by atoms with Gasteiger partial charge in [0.1, 0.15) is 5.75 Å². The Hall–Kier alpha value is -2.43. The van der Waals surface area contributed by atoms with Crippen molar-refractivity contribution < 1.29 is 14.3 Å². The van der Waals surface area contributed by atoms with Crippen molar-refractivity contribution in [1.82, 2.24) is 5.01 Å². The highest BCUT2D eigenvalue weighted by Crippen LogP contribution is 2.52. The number of amides is 2. The van der Waals surface area contributed by atoms with Gasteiger partial charge >= 0.3 is 0 Å². The normalized spacial score (nSPS) is 32.3. The number of carbonyl (C=O) groups excluding carboxylic acids is 2. The molecule has 0 spiro atoms. The van der Waals surface area contributed by atoms with Gasteiger partial charge in [0.15, 0.2) is 0 Å². The van der Waals surface area contributed by atoms with Gasteiger partial charge in [-0.15, -0.1) is 0 Å². The minimum atomic E-state index is -0.204. The minimum absolute atomic E-state index is 0.161. The van der Waals surface area contributed by atoms with Crippen LogP contribution in [-0.2, 0) is 9.59 Å². The van der Waals surface area contributed by atoms with E-state index in [4.69, 9.17) is 4.74 Å². The van der Waals surface area contributed by atoms with Crippen molar-refractivity contribution in [3.8, 4) is 5.75 Å². The number of nitrogens with zero attached hydrogens (tertiary/aromatic N) is 2. The predicted molar refractivity (Wildman–Crippen MR) is 80.2 cm³/mol. The molecule has 4 atom stereocenters. The van der Waals surface area contributed by atoms with Crippen LogP contribution in [0.2, 0.25) is 0 Å². The first-order valence-electron chi connectivity index (χ1n) is 7.43. The molecule has 1 aromatic rings. The summed E-state index contributed by atoms with van der Waals surface area (Å²) in [6.07, 6.45) is 6.62. The molecule has 0 unspecified atom stereocenters. The molecule has 3 aliphatic rings. The fourth-order valence-corrected chi connectivity index (χ4v) is 3.85. The third kappa shape index (κ3) is 1.81. The fraction of sp³-hybridized carbons (Fsp3) is 0.353. The molecule has 0 N–H and O–H groups in total. The van der Waals surface area contributed by atoms with Gasteiger partial charge in [0.05, 0.1) is 25.2 Å². The van der Waals surface area contributed by atoms with Crippen LogP contribution in [0.15, 0.2) is 41.5 Å². The number of allylic oxidation sites excluding steroid dienone is 2. The summed E-state index contributed by atoms with van der Waals surface area (Å²) in [5.41, 5.74) is 0.790. The highest BCUT2D eigenvalue weighted by molar-refractivity contribution is 6.06. The maximum Gasteiger partial charge on any atom is 0.254 e. The summed E-state index contributed by atoms with van der Waals surface area (Å²) in [6.45, 7) is 0. The Balaban J connectivity index is 1.58. The van der Waals surface area contributed by atoms with Crippen LogP contribution in [0.1, 0.15) is 12.0 Å². The van der Waals surface area contributed by atoms with Crippen molar-refractivity contribution in [1.29, 1.82) is 0 Å². The van der Waals surface area contributed by atoms with Crippen molar-refractivity contribution in [2.45, 2.75) is 6.42 Å². The van der Waals surface area contributed by atoms with Crippen molar-refractivity contribution in [2.75, 3.05) is 7.11 Å². The van der Waals surface area contributed by atoms with E-state index in [2.05, 4.69) is 17.3 Å². The van der Waals surface area contributed by atoms with Crippen LogP contribution >= 0.6 is 0 Å². The van der Waals surface area contributed by atoms with Crippen LogP contribution in [0.3, 0.4) is 0 Å². The quantitative estimate of drug-likeness (QED) is 0.486. The Morgan fingerprint density at radius 1 is 1.18 bits per heavy atom. The largest absolute Gasteiger partial charge is 0.497 e. The lowest BCUT2D eigenvalue weighted by molar-refractivity contribution is -0.140. The molecular weight excluding hydrogens is 280 g/mol. The number of hydrazone groups is 1. The first-order valence-corrected chi connectivity index (χ1v) is 7.43. The van der Waals surface area contributed by atoms with Crippen LogP contribution in [0.4, 0.5) is 0 Å². The Morgan fingerprint density at radius 2 is 1.86 bits per heavy atom. The number of imide groups is 1. The molecule has 1 aliphatic heterocycles. The number of fused-ring (bicyclic) bond motifs is 5. The van der Waals surface area contributed by atoms with Gasteiger partial charge in [-0.3, -0.25) is 9.59 Å². The third-order valence-electron chi connectivity index (χ3n) is 4.86. The molecule has 0 radical (unpaired) electrons. The average molecular weight is 296 g/mol. The van der Waals surface area contributed by atoms with Crippen LogP contribution in [-0.4, -0.2) is 30.1 Å². The van der Waals surface area contributed by atoms with Crippen molar-refractivity contribution in [3.63, 3.8) is 0 Å². The maximum absolute atomic E-state index is 12.5. The van der Waals surface area contributed by atoms with Gasteiger partial charge < -0.3 is 4.74 Å². The van der Waals surface area contributed by atoms with Gasteiger partial charge in [-0.2, -0.15) is 10.1 Å². The van der Waals surface area contributed by atoms with E-state index in [1.165, 1.54) is 6.21 Å². The molecule has 2 bridgehead atoms. The number of hydrogen-bond acceptors (Lipinski definition) is 4. The highest BCUT2D eigenvalue weighted by Gasteiger charge is 2.59. The molecular formula is C17H16N2O3. The predicted octanol–water partition coefficient (Wildman–Crippen LogP) is 1.84. The fourth-order valence-electron chi connectivity index (χ4n) is 3.85. The first kappa shape index (κ1) is 13.2. The Morgan fingerprint density at radius 3 is 2.50 bits per heavy atom. The summed E-state index contributed by atoms with van der Waals surface area (Å²) in [6, 6.07) is 7.33. The molecule has 4 rings (SSSR count). The average Bonchev–Trinajstić information content (AvgIpc) is 3.21. The summed E-state index contributed by atoms with van der Waals surface area (Å²) in [4.78, 5) is 24.9. The summed E-state index contributed by atoms with van der Waals surface area (Å²) >= 11 is 0. The molecule has 112 valence electrons. The maximum atomic E-state index is 12.5. The van der Waals surface area contributed by atoms with Gasteiger partial charge in [0, 0.05) is 0 Å². The second-order valence-corrected chi connectivity index (χ2v) is 6.01. The number of ether oxygens (including phenoxy) is 1. The summed E-state index contributed by atoms with van der Waals surface area (Å²) < 4.78 is 5.15. The van der Waals surface area contributed by atoms with Gasteiger partial charge in [0.25, 0.3) is 11.8 Å². The SMILES string of the molecule is COc1cccc(C=NN2C(=O)[C@@H]3[C@H](C2=O)[C@H]2C=C[C@H]3C2)c1. The third-order valence-corrected chi connectivity index (χ3v) is 4.86. The van der Waals surface area contributed by atoms with E-state index in [0.29, 0.717) is 5.75 Å². The van der Waals surface area contributed by atoms with Crippen molar-refractivity contribution in [3.05, 3.63) is 42.0 Å². The van der Waals surface area contributed by atoms with E-state index >= 15 is 0 Å². The molecule has 1 aromatic carbocycles. The lowest BCUT2D eigenvalue weighted by Crippen LogP contribution is -2.28. The summed E-state index contributed by atoms with van der Waals surface area (Å²) in [5, 5.41) is 5.19. The van der Waals surface area contributed by atoms with E-state index in [0.717, 1.165) is 17.0 Å². The number of hydrogen-bond donors (Lipinski definition) is 0. The van der Waals surface area contributed by atoms with E-state index in [1.54, 1.807) is 13.2 Å². The molecule has 22 heavy (non-hydrogen) atoms. The second-order valence-electron chi connectivity index (χ2n) is 6.01. The van der Waals surface area contributed by atoms with E-state index in [-0.39, 0.29) is 35.5 Å². The zero-order valence-electron chi connectivity index (χ0n) is 12.2. The lowest BCUT2D eigenvalue weighted by Gasteiger charge is -2.13. The standard InChI is InChI=1S/C17H16N2O3/c1-22-13-4-2-3-10(7-13)9-18-19-16(20)14-11-5-6-12(8-11)15(14)17(19)21/h2-7,9,11-12,14-15H,8H2,1H3/t11-,12-,14-,15+/m0/s1. The molecule has 2 amide bonds. The number of carbonyl (C=O) groups is 2. The monoisotopic (exact) mass is 296 g/mol. The van der Waals surface area contributed by atoms with Crippen molar-refractivity contribution >= 4 is 18.0 Å². The Kier molecular flexibility index (Phi) is 2.89. The number of benzene rings is 1. The Bertz CT molecular complexity index is 680. The van der Waals surface area contributed by atoms with Crippen LogP contribution < -0.4 is 4.74 Å². The lowest BCUT2D eigenvalue weighted by atomic mass is 9.85. The molecule has 1 saturated heterocycles. The van der Waals surface area contributed by atoms with Crippen LogP contribution in [0, 0.1) is 23.7 Å². The zero-order valence-corrected chi connectivity index (χ0v) is 12.2. The zero-order chi connectivity index (χ0) is 15.3. The molecule has 5 nitrogen and oxygen atoms in total. The van der Waals surface area contributed by atoms with Crippen LogP contribution in [0.25, 0.3) is 0 Å². The van der Waals surface area contributed by atoms with Gasteiger partial charge in [-0.25, -0.2) is 0 Å². The molecule has 5 heteroatoms. The van der Waals surface area contributed by atoms with Crippen molar-refractivity contribution in [2.24, 2.45) is 28.8 Å². The summed E-state index contributed by atoms with van der Waals surface area (Å²) in [5.74, 6) is 0.404. The first-order chi connectivity index (χ1) is 10.7. The second kappa shape index (κ2) is 4.80. The Labute approximate surface area is 128 Å². The van der Waals surface area contributed by atoms with E-state index in [1.807, 2.05) is 18.2 Å². The molecule has 1 saturated carbocycles. The molecule has 2 aliphatic carbocycles. The number of methoxy groups -OCH3 is 1. The topological polar surface area (TPSA) is 59.0 Å². The van der Waals surface area contributed by atoms with E-state index < -0.39 is 0 Å². The van der Waals surface area contributed by atoms with E-state index in [9.17, 15) is 9.59 Å². The highest BCUT2D eigenvalue weighted by atomic mass is 16.5. The minimum Gasteiger partial charge on any atom is -0.497 e.